The standard InChI is InChI=1S/C9H8BrClN2O2/c1-6(10)5-12-8-4-7(11)2-3-9(8)13(14)15/h2-4,12H,1,5H2. The van der Waals surface area contributed by atoms with Crippen molar-refractivity contribution in [1.82, 2.24) is 0 Å². The predicted molar refractivity (Wildman–Crippen MR) is 64.7 cm³/mol. The molecule has 80 valence electrons. The molecule has 0 radical (unpaired) electrons. The Labute approximate surface area is 100 Å². The summed E-state index contributed by atoms with van der Waals surface area (Å²) >= 11 is 8.89. The lowest BCUT2D eigenvalue weighted by Crippen LogP contribution is -2.03. The number of benzene rings is 1. The number of hydrogen-bond donors (Lipinski definition) is 1. The van der Waals surface area contributed by atoms with E-state index in [0.717, 1.165) is 0 Å². The van der Waals surface area contributed by atoms with Crippen molar-refractivity contribution >= 4 is 38.9 Å². The van der Waals surface area contributed by atoms with Gasteiger partial charge < -0.3 is 5.32 Å². The SMILES string of the molecule is C=C(Br)CNc1cc(Cl)ccc1[N+](=O)[O-]. The van der Waals surface area contributed by atoms with Gasteiger partial charge in [0.25, 0.3) is 5.69 Å². The van der Waals surface area contributed by atoms with Gasteiger partial charge in [-0.25, -0.2) is 0 Å². The van der Waals surface area contributed by atoms with Gasteiger partial charge in [0, 0.05) is 22.1 Å². The van der Waals surface area contributed by atoms with E-state index in [1.54, 1.807) is 0 Å². The van der Waals surface area contributed by atoms with Crippen LogP contribution < -0.4 is 5.32 Å². The Morgan fingerprint density at radius 1 is 1.67 bits per heavy atom. The average Bonchev–Trinajstić information content (AvgIpc) is 2.14. The molecule has 0 fully saturated rings. The third-order valence-corrected chi connectivity index (χ3v) is 2.14. The van der Waals surface area contributed by atoms with Crippen LogP contribution >= 0.6 is 27.5 Å². The molecular formula is C9H8BrClN2O2. The van der Waals surface area contributed by atoms with Gasteiger partial charge >= 0.3 is 0 Å². The highest BCUT2D eigenvalue weighted by molar-refractivity contribution is 9.11. The lowest BCUT2D eigenvalue weighted by Gasteiger charge is -2.06. The molecule has 0 bridgehead atoms. The zero-order chi connectivity index (χ0) is 11.4. The zero-order valence-electron chi connectivity index (χ0n) is 7.67. The molecule has 1 aromatic rings. The first-order chi connectivity index (χ1) is 7.00. The van der Waals surface area contributed by atoms with Crippen molar-refractivity contribution in [3.8, 4) is 0 Å². The van der Waals surface area contributed by atoms with E-state index in [9.17, 15) is 10.1 Å². The van der Waals surface area contributed by atoms with E-state index >= 15 is 0 Å². The minimum atomic E-state index is -0.463. The first-order valence-electron chi connectivity index (χ1n) is 4.02. The summed E-state index contributed by atoms with van der Waals surface area (Å²) in [4.78, 5) is 10.2. The highest BCUT2D eigenvalue weighted by atomic mass is 79.9. The summed E-state index contributed by atoms with van der Waals surface area (Å²) in [5.41, 5.74) is 0.376. The minimum absolute atomic E-state index is 0.00634. The monoisotopic (exact) mass is 290 g/mol. The molecule has 0 saturated carbocycles. The lowest BCUT2D eigenvalue weighted by molar-refractivity contribution is -0.383. The second-order valence-electron chi connectivity index (χ2n) is 2.79. The van der Waals surface area contributed by atoms with Crippen molar-refractivity contribution in [3.05, 3.63) is 44.4 Å². The fourth-order valence-corrected chi connectivity index (χ4v) is 1.31. The Morgan fingerprint density at radius 3 is 2.87 bits per heavy atom. The topological polar surface area (TPSA) is 55.2 Å². The predicted octanol–water partition coefficient (Wildman–Crippen LogP) is 3.57. The van der Waals surface area contributed by atoms with E-state index in [-0.39, 0.29) is 5.69 Å². The number of nitrogens with one attached hydrogen (secondary N) is 1. The van der Waals surface area contributed by atoms with Crippen LogP contribution in [0.15, 0.2) is 29.3 Å². The number of rotatable bonds is 4. The van der Waals surface area contributed by atoms with Crippen LogP contribution in [0.1, 0.15) is 0 Å². The van der Waals surface area contributed by atoms with E-state index in [1.807, 2.05) is 0 Å². The minimum Gasteiger partial charge on any atom is -0.375 e. The molecule has 15 heavy (non-hydrogen) atoms. The van der Waals surface area contributed by atoms with Crippen LogP contribution in [0.2, 0.25) is 5.02 Å². The normalized spacial score (nSPS) is 9.73. The summed E-state index contributed by atoms with van der Waals surface area (Å²) < 4.78 is 0.705. The molecule has 0 unspecified atom stereocenters. The maximum Gasteiger partial charge on any atom is 0.292 e. The molecule has 6 heteroatoms. The maximum atomic E-state index is 10.7. The molecule has 0 aliphatic carbocycles. The van der Waals surface area contributed by atoms with Gasteiger partial charge in [-0.3, -0.25) is 10.1 Å². The molecule has 0 heterocycles. The molecule has 1 rings (SSSR count). The van der Waals surface area contributed by atoms with Crippen LogP contribution in [0.4, 0.5) is 11.4 Å². The van der Waals surface area contributed by atoms with Crippen LogP contribution in [-0.4, -0.2) is 11.5 Å². The summed E-state index contributed by atoms with van der Waals surface area (Å²) in [5, 5.41) is 14.0. The first-order valence-corrected chi connectivity index (χ1v) is 5.19. The Kier molecular flexibility index (Phi) is 4.11. The first kappa shape index (κ1) is 12.0. The highest BCUT2D eigenvalue weighted by Crippen LogP contribution is 2.27. The van der Waals surface area contributed by atoms with Gasteiger partial charge in [0.05, 0.1) is 4.92 Å². The summed E-state index contributed by atoms with van der Waals surface area (Å²) in [7, 11) is 0. The molecule has 0 aromatic heterocycles. The third kappa shape index (κ3) is 3.53. The van der Waals surface area contributed by atoms with Gasteiger partial charge in [-0.05, 0) is 12.1 Å². The van der Waals surface area contributed by atoms with E-state index in [4.69, 9.17) is 11.6 Å². The van der Waals surface area contributed by atoms with Crippen LogP contribution in [0, 0.1) is 10.1 Å². The van der Waals surface area contributed by atoms with Crippen molar-refractivity contribution in [2.75, 3.05) is 11.9 Å². The maximum absolute atomic E-state index is 10.7. The fourth-order valence-electron chi connectivity index (χ4n) is 1.00. The van der Waals surface area contributed by atoms with Crippen LogP contribution in [-0.2, 0) is 0 Å². The smallest absolute Gasteiger partial charge is 0.292 e. The summed E-state index contributed by atoms with van der Waals surface area (Å²) in [6.07, 6.45) is 0. The summed E-state index contributed by atoms with van der Waals surface area (Å²) in [5.74, 6) is 0. The molecule has 1 N–H and O–H groups in total. The van der Waals surface area contributed by atoms with Gasteiger partial charge in [-0.15, -0.1) is 0 Å². The van der Waals surface area contributed by atoms with E-state index in [2.05, 4.69) is 27.8 Å². The third-order valence-electron chi connectivity index (χ3n) is 1.63. The largest absolute Gasteiger partial charge is 0.375 e. The second-order valence-corrected chi connectivity index (χ2v) is 4.35. The zero-order valence-corrected chi connectivity index (χ0v) is 10.0. The quantitative estimate of drug-likeness (QED) is 0.681. The van der Waals surface area contributed by atoms with Gasteiger partial charge in [-0.1, -0.05) is 34.1 Å². The van der Waals surface area contributed by atoms with Crippen molar-refractivity contribution in [2.45, 2.75) is 0 Å². The Hall–Kier alpha value is -1.07. The molecule has 4 nitrogen and oxygen atoms in total. The molecule has 0 atom stereocenters. The van der Waals surface area contributed by atoms with Gasteiger partial charge in [0.2, 0.25) is 0 Å². The van der Waals surface area contributed by atoms with Gasteiger partial charge in [0.1, 0.15) is 5.69 Å². The van der Waals surface area contributed by atoms with E-state index < -0.39 is 4.92 Å². The van der Waals surface area contributed by atoms with Crippen molar-refractivity contribution in [3.63, 3.8) is 0 Å². The number of halogens is 2. The number of anilines is 1. The van der Waals surface area contributed by atoms with Crippen molar-refractivity contribution < 1.29 is 4.92 Å². The van der Waals surface area contributed by atoms with Crippen LogP contribution in [0.5, 0.6) is 0 Å². The molecule has 0 saturated heterocycles. The summed E-state index contributed by atoms with van der Waals surface area (Å²) in [6, 6.07) is 4.35. The number of nitrogens with zero attached hydrogens (tertiary/aromatic N) is 1. The molecular weight excluding hydrogens is 283 g/mol. The highest BCUT2D eigenvalue weighted by Gasteiger charge is 2.13. The van der Waals surface area contributed by atoms with E-state index in [0.29, 0.717) is 21.7 Å². The number of hydrogen-bond acceptors (Lipinski definition) is 3. The Morgan fingerprint density at radius 2 is 2.33 bits per heavy atom. The second kappa shape index (κ2) is 5.14. The van der Waals surface area contributed by atoms with E-state index in [1.165, 1.54) is 18.2 Å². The van der Waals surface area contributed by atoms with Crippen molar-refractivity contribution in [1.29, 1.82) is 0 Å². The summed E-state index contributed by atoms with van der Waals surface area (Å²) in [6.45, 7) is 4.02. The Bertz CT molecular complexity index is 409. The molecule has 1 aromatic carbocycles. The molecule has 0 aliphatic rings. The van der Waals surface area contributed by atoms with Crippen molar-refractivity contribution in [2.24, 2.45) is 0 Å². The lowest BCUT2D eigenvalue weighted by atomic mass is 10.2. The average molecular weight is 292 g/mol. The molecule has 0 spiro atoms. The van der Waals surface area contributed by atoms with Gasteiger partial charge in [-0.2, -0.15) is 0 Å². The molecule has 0 amide bonds. The van der Waals surface area contributed by atoms with Crippen LogP contribution in [0.3, 0.4) is 0 Å². The molecule has 0 aliphatic heterocycles. The number of nitro groups is 1. The Balaban J connectivity index is 2.96. The fraction of sp³-hybridized carbons (Fsp3) is 0.111. The van der Waals surface area contributed by atoms with Gasteiger partial charge in [0.15, 0.2) is 0 Å². The van der Waals surface area contributed by atoms with Crippen LogP contribution in [0.25, 0.3) is 0 Å². The number of nitro benzene ring substituents is 1.